The first-order valence-corrected chi connectivity index (χ1v) is 6.06. The van der Waals surface area contributed by atoms with Crippen LogP contribution in [0.25, 0.3) is 0 Å². The van der Waals surface area contributed by atoms with Gasteiger partial charge in [-0.2, -0.15) is 0 Å². The van der Waals surface area contributed by atoms with Gasteiger partial charge in [-0.15, -0.1) is 0 Å². The first kappa shape index (κ1) is 12.3. The number of benzene rings is 2. The van der Waals surface area contributed by atoms with Crippen molar-refractivity contribution in [2.24, 2.45) is 0 Å². The monoisotopic (exact) mass is 266 g/mol. The quantitative estimate of drug-likeness (QED) is 0.686. The van der Waals surface area contributed by atoms with Crippen molar-refractivity contribution in [1.82, 2.24) is 0 Å². The van der Waals surface area contributed by atoms with Crippen LogP contribution in [-0.2, 0) is 0 Å². The Balaban J connectivity index is 2.40. The molecule has 0 atom stereocenters. The molecule has 0 saturated carbocycles. The fourth-order valence-electron chi connectivity index (χ4n) is 2.53. The van der Waals surface area contributed by atoms with Gasteiger partial charge in [-0.25, -0.2) is 0 Å². The Kier molecular flexibility index (Phi) is 2.54. The highest BCUT2D eigenvalue weighted by molar-refractivity contribution is 6.29. The minimum Gasteiger partial charge on any atom is -0.506 e. The summed E-state index contributed by atoms with van der Waals surface area (Å²) in [5.41, 5.74) is 1.15. The number of hydrogen-bond acceptors (Lipinski definition) is 4. The average molecular weight is 266 g/mol. The van der Waals surface area contributed by atoms with Gasteiger partial charge in [0, 0.05) is 16.7 Å². The zero-order chi connectivity index (χ0) is 14.4. The van der Waals surface area contributed by atoms with E-state index in [0.29, 0.717) is 17.4 Å². The fraction of sp³-hybridized carbons (Fsp3) is 0.0625. The largest absolute Gasteiger partial charge is 0.506 e. The summed E-state index contributed by atoms with van der Waals surface area (Å²) in [4.78, 5) is 35.8. The predicted molar refractivity (Wildman–Crippen MR) is 71.5 cm³/mol. The molecule has 4 nitrogen and oxygen atoms in total. The molecular weight excluding hydrogens is 256 g/mol. The van der Waals surface area contributed by atoms with Crippen LogP contribution in [0, 0.1) is 6.92 Å². The second-order valence-corrected chi connectivity index (χ2v) is 4.70. The molecule has 2 aromatic rings. The smallest absolute Gasteiger partial charge is 0.198 e. The van der Waals surface area contributed by atoms with E-state index in [0.717, 1.165) is 0 Å². The first-order valence-electron chi connectivity index (χ1n) is 6.06. The normalized spacial score (nSPS) is 12.8. The molecule has 0 saturated heterocycles. The third-order valence-corrected chi connectivity index (χ3v) is 3.55. The SMILES string of the molecule is Cc1cc2c(c(O)c1C=O)C(=O)c1ccccc1C2=O. The molecule has 0 amide bonds. The van der Waals surface area contributed by atoms with Crippen molar-refractivity contribution in [3.8, 4) is 5.75 Å². The highest BCUT2D eigenvalue weighted by atomic mass is 16.3. The molecule has 0 radical (unpaired) electrons. The lowest BCUT2D eigenvalue weighted by Gasteiger charge is -2.19. The fourth-order valence-corrected chi connectivity index (χ4v) is 2.53. The number of aryl methyl sites for hydroxylation is 1. The first-order chi connectivity index (χ1) is 9.56. The van der Waals surface area contributed by atoms with Crippen molar-refractivity contribution in [2.75, 3.05) is 0 Å². The minimum absolute atomic E-state index is 0.0456. The molecule has 3 rings (SSSR count). The standard InChI is InChI=1S/C16H10O4/c1-8-6-11-13(16(20)12(8)7-17)15(19)10-5-3-2-4-9(10)14(11)18/h2-7,20H,1H3. The number of aldehydes is 1. The van der Waals surface area contributed by atoms with Gasteiger partial charge in [0.05, 0.1) is 11.1 Å². The summed E-state index contributed by atoms with van der Waals surface area (Å²) in [6, 6.07) is 7.94. The second-order valence-electron chi connectivity index (χ2n) is 4.70. The lowest BCUT2D eigenvalue weighted by molar-refractivity contribution is 0.0976. The number of carbonyl (C=O) groups excluding carboxylic acids is 3. The van der Waals surface area contributed by atoms with Crippen LogP contribution in [0.15, 0.2) is 30.3 Å². The molecule has 2 aromatic carbocycles. The predicted octanol–water partition coefficient (Wildman–Crippen LogP) is 2.29. The van der Waals surface area contributed by atoms with Gasteiger partial charge >= 0.3 is 0 Å². The third kappa shape index (κ3) is 1.45. The Bertz CT molecular complexity index is 787. The average Bonchev–Trinajstić information content (AvgIpc) is 2.45. The number of carbonyl (C=O) groups is 3. The van der Waals surface area contributed by atoms with Crippen LogP contribution in [0.2, 0.25) is 0 Å². The number of aromatic hydroxyl groups is 1. The minimum atomic E-state index is -0.434. The molecule has 0 bridgehead atoms. The summed E-state index contributed by atoms with van der Waals surface area (Å²) in [6.07, 6.45) is 0.489. The lowest BCUT2D eigenvalue weighted by Crippen LogP contribution is -2.21. The molecule has 1 N–H and O–H groups in total. The Morgan fingerprint density at radius 1 is 1.00 bits per heavy atom. The summed E-state index contributed by atoms with van der Waals surface area (Å²) in [5.74, 6) is -1.16. The highest BCUT2D eigenvalue weighted by Crippen LogP contribution is 2.35. The van der Waals surface area contributed by atoms with Gasteiger partial charge in [0.25, 0.3) is 0 Å². The van der Waals surface area contributed by atoms with Gasteiger partial charge in [0.1, 0.15) is 5.75 Å². The number of fused-ring (bicyclic) bond motifs is 2. The number of rotatable bonds is 1. The Morgan fingerprint density at radius 2 is 1.60 bits per heavy atom. The van der Waals surface area contributed by atoms with Gasteiger partial charge < -0.3 is 5.11 Å². The van der Waals surface area contributed by atoms with Crippen molar-refractivity contribution in [3.05, 3.63) is 63.7 Å². The molecule has 0 fully saturated rings. The van der Waals surface area contributed by atoms with Crippen molar-refractivity contribution < 1.29 is 19.5 Å². The van der Waals surface area contributed by atoms with Crippen molar-refractivity contribution in [1.29, 1.82) is 0 Å². The van der Waals surface area contributed by atoms with E-state index in [1.54, 1.807) is 31.2 Å². The van der Waals surface area contributed by atoms with Crippen LogP contribution < -0.4 is 0 Å². The van der Waals surface area contributed by atoms with E-state index in [1.165, 1.54) is 6.07 Å². The zero-order valence-electron chi connectivity index (χ0n) is 10.6. The summed E-state index contributed by atoms with van der Waals surface area (Å²) in [5, 5.41) is 10.1. The molecule has 20 heavy (non-hydrogen) atoms. The summed E-state index contributed by atoms with van der Waals surface area (Å²) in [6.45, 7) is 1.61. The molecule has 0 unspecified atom stereocenters. The Hall–Kier alpha value is -2.75. The molecular formula is C16H10O4. The van der Waals surface area contributed by atoms with Crippen LogP contribution in [-0.4, -0.2) is 23.0 Å². The summed E-state index contributed by atoms with van der Waals surface area (Å²) in [7, 11) is 0. The zero-order valence-corrected chi connectivity index (χ0v) is 10.6. The van der Waals surface area contributed by atoms with Crippen LogP contribution in [0.5, 0.6) is 5.75 Å². The van der Waals surface area contributed by atoms with Gasteiger partial charge in [-0.05, 0) is 18.6 Å². The van der Waals surface area contributed by atoms with Gasteiger partial charge in [-0.3, -0.25) is 14.4 Å². The highest BCUT2D eigenvalue weighted by Gasteiger charge is 2.33. The Morgan fingerprint density at radius 3 is 2.20 bits per heavy atom. The third-order valence-electron chi connectivity index (χ3n) is 3.55. The molecule has 98 valence electrons. The van der Waals surface area contributed by atoms with Gasteiger partial charge in [0.15, 0.2) is 17.9 Å². The van der Waals surface area contributed by atoms with Crippen LogP contribution in [0.1, 0.15) is 47.8 Å². The van der Waals surface area contributed by atoms with Crippen molar-refractivity contribution in [3.63, 3.8) is 0 Å². The maximum atomic E-state index is 12.4. The molecule has 4 heteroatoms. The van der Waals surface area contributed by atoms with E-state index in [2.05, 4.69) is 0 Å². The van der Waals surface area contributed by atoms with Crippen molar-refractivity contribution in [2.45, 2.75) is 6.92 Å². The number of phenolic OH excluding ortho intramolecular Hbond substituents is 1. The lowest BCUT2D eigenvalue weighted by atomic mass is 9.81. The van der Waals surface area contributed by atoms with E-state index in [9.17, 15) is 19.5 Å². The Labute approximate surface area is 114 Å². The number of ketones is 2. The van der Waals surface area contributed by atoms with Gasteiger partial charge in [-0.1, -0.05) is 24.3 Å². The molecule has 1 aliphatic rings. The maximum Gasteiger partial charge on any atom is 0.198 e. The molecule has 0 aromatic heterocycles. The number of phenols is 1. The van der Waals surface area contributed by atoms with E-state index in [4.69, 9.17) is 0 Å². The van der Waals surface area contributed by atoms with Crippen LogP contribution in [0.4, 0.5) is 0 Å². The summed E-state index contributed by atoms with van der Waals surface area (Å²) < 4.78 is 0. The van der Waals surface area contributed by atoms with Crippen LogP contribution >= 0.6 is 0 Å². The van der Waals surface area contributed by atoms with E-state index < -0.39 is 11.5 Å². The topological polar surface area (TPSA) is 71.4 Å². The number of hydrogen-bond donors (Lipinski definition) is 1. The van der Waals surface area contributed by atoms with E-state index in [1.807, 2.05) is 0 Å². The van der Waals surface area contributed by atoms with E-state index >= 15 is 0 Å². The van der Waals surface area contributed by atoms with Gasteiger partial charge in [0.2, 0.25) is 0 Å². The summed E-state index contributed by atoms with van der Waals surface area (Å²) >= 11 is 0. The second kappa shape index (κ2) is 4.13. The molecule has 1 aliphatic carbocycles. The molecule has 0 heterocycles. The molecule has 0 aliphatic heterocycles. The van der Waals surface area contributed by atoms with Crippen LogP contribution in [0.3, 0.4) is 0 Å². The van der Waals surface area contributed by atoms with Crippen molar-refractivity contribution >= 4 is 17.9 Å². The molecule has 0 spiro atoms. The maximum absolute atomic E-state index is 12.4. The van der Waals surface area contributed by atoms with E-state index in [-0.39, 0.29) is 28.0 Å².